The monoisotopic (exact) mass is 619 g/mol. The molecule has 0 aliphatic carbocycles. The lowest BCUT2D eigenvalue weighted by molar-refractivity contribution is -0.140. The highest BCUT2D eigenvalue weighted by Gasteiger charge is 2.33. The van der Waals surface area contributed by atoms with E-state index in [0.29, 0.717) is 27.9 Å². The summed E-state index contributed by atoms with van der Waals surface area (Å²) in [7, 11) is -2.37. The van der Waals surface area contributed by atoms with Gasteiger partial charge in [-0.05, 0) is 53.9 Å². The topological polar surface area (TPSA) is 96.0 Å². The summed E-state index contributed by atoms with van der Waals surface area (Å²) in [6.07, 6.45) is 2.92. The van der Waals surface area contributed by atoms with Crippen LogP contribution in [0.1, 0.15) is 30.9 Å². The number of benzene rings is 3. The van der Waals surface area contributed by atoms with E-state index in [0.717, 1.165) is 29.0 Å². The van der Waals surface area contributed by atoms with E-state index in [-0.39, 0.29) is 24.6 Å². The van der Waals surface area contributed by atoms with E-state index in [1.165, 1.54) is 12.0 Å². The number of ether oxygens (including phenoxy) is 1. The highest BCUT2D eigenvalue weighted by atomic mass is 35.5. The van der Waals surface area contributed by atoms with Gasteiger partial charge in [-0.3, -0.25) is 13.9 Å². The SMILES string of the molecule is CCCCNC(=O)[C@@H](Cc1ccccc1)N(Cc1ccc(Cl)cc1Cl)C(=O)CN(c1ccc(OC)cc1)S(C)(=O)=O. The van der Waals surface area contributed by atoms with E-state index in [1.807, 2.05) is 37.3 Å². The third-order valence-corrected chi connectivity index (χ3v) is 8.22. The zero-order valence-corrected chi connectivity index (χ0v) is 25.7. The van der Waals surface area contributed by atoms with E-state index in [4.69, 9.17) is 27.9 Å². The van der Waals surface area contributed by atoms with Gasteiger partial charge in [0.25, 0.3) is 0 Å². The molecular weight excluding hydrogens is 585 g/mol. The van der Waals surface area contributed by atoms with Crippen molar-refractivity contribution in [3.63, 3.8) is 0 Å². The fourth-order valence-electron chi connectivity index (χ4n) is 4.26. The molecule has 1 atom stereocenters. The fourth-order valence-corrected chi connectivity index (χ4v) is 5.57. The maximum Gasteiger partial charge on any atom is 0.244 e. The minimum absolute atomic E-state index is 0.0340. The van der Waals surface area contributed by atoms with Gasteiger partial charge < -0.3 is 15.0 Å². The molecule has 0 aliphatic rings. The summed E-state index contributed by atoms with van der Waals surface area (Å²) in [5, 5.41) is 3.70. The molecule has 1 N–H and O–H groups in total. The number of nitrogens with one attached hydrogen (secondary N) is 1. The van der Waals surface area contributed by atoms with Crippen LogP contribution in [0, 0.1) is 0 Å². The molecule has 0 unspecified atom stereocenters. The Morgan fingerprint density at radius 1 is 1.00 bits per heavy atom. The summed E-state index contributed by atoms with van der Waals surface area (Å²) in [5.74, 6) is -0.362. The molecule has 220 valence electrons. The van der Waals surface area contributed by atoms with Crippen LogP contribution in [0.3, 0.4) is 0 Å². The van der Waals surface area contributed by atoms with E-state index in [1.54, 1.807) is 42.5 Å². The molecule has 3 rings (SSSR count). The Balaban J connectivity index is 2.05. The number of hydrogen-bond acceptors (Lipinski definition) is 5. The molecule has 0 heterocycles. The summed E-state index contributed by atoms with van der Waals surface area (Å²) in [4.78, 5) is 29.1. The van der Waals surface area contributed by atoms with Gasteiger partial charge in [0, 0.05) is 29.6 Å². The predicted molar refractivity (Wildman–Crippen MR) is 164 cm³/mol. The van der Waals surface area contributed by atoms with Crippen molar-refractivity contribution in [2.24, 2.45) is 0 Å². The predicted octanol–water partition coefficient (Wildman–Crippen LogP) is 5.32. The van der Waals surface area contributed by atoms with Crippen LogP contribution in [0.4, 0.5) is 5.69 Å². The van der Waals surface area contributed by atoms with Crippen molar-refractivity contribution < 1.29 is 22.7 Å². The molecule has 11 heteroatoms. The van der Waals surface area contributed by atoms with Gasteiger partial charge in [0.15, 0.2) is 0 Å². The fraction of sp³-hybridized carbons (Fsp3) is 0.333. The molecule has 0 aliphatic heterocycles. The normalized spacial score (nSPS) is 11.9. The molecule has 0 bridgehead atoms. The van der Waals surface area contributed by atoms with Gasteiger partial charge in [0.05, 0.1) is 19.1 Å². The Hall–Kier alpha value is -3.27. The lowest BCUT2D eigenvalue weighted by Crippen LogP contribution is -2.53. The summed E-state index contributed by atoms with van der Waals surface area (Å²) < 4.78 is 31.9. The standard InChI is InChI=1S/C30H35Cl2N3O5S/c1-4-5-17-33-30(37)28(18-22-9-7-6-8-10-22)34(20-23-11-12-24(31)19-27(23)32)29(36)21-35(41(3,38)39)25-13-15-26(40-2)16-14-25/h6-16,19,28H,4-5,17-18,20-21H2,1-3H3,(H,33,37)/t28-/m1/s1. The van der Waals surface area contributed by atoms with Gasteiger partial charge in [-0.2, -0.15) is 0 Å². The van der Waals surface area contributed by atoms with Gasteiger partial charge in [-0.25, -0.2) is 8.42 Å². The van der Waals surface area contributed by atoms with E-state index < -0.39 is 28.5 Å². The molecule has 3 aromatic rings. The van der Waals surface area contributed by atoms with Crippen molar-refractivity contribution in [1.29, 1.82) is 0 Å². The van der Waals surface area contributed by atoms with Crippen LogP contribution in [-0.2, 0) is 32.6 Å². The van der Waals surface area contributed by atoms with Crippen molar-refractivity contribution in [2.75, 3.05) is 30.8 Å². The number of rotatable bonds is 14. The zero-order chi connectivity index (χ0) is 30.0. The highest BCUT2D eigenvalue weighted by Crippen LogP contribution is 2.26. The van der Waals surface area contributed by atoms with Crippen molar-refractivity contribution in [2.45, 2.75) is 38.8 Å². The van der Waals surface area contributed by atoms with Crippen molar-refractivity contribution >= 4 is 50.7 Å². The molecule has 41 heavy (non-hydrogen) atoms. The van der Waals surface area contributed by atoms with Crippen LogP contribution >= 0.6 is 23.2 Å². The second kappa shape index (κ2) is 15.1. The highest BCUT2D eigenvalue weighted by molar-refractivity contribution is 7.92. The number of sulfonamides is 1. The largest absolute Gasteiger partial charge is 0.497 e. The number of anilines is 1. The molecule has 0 saturated heterocycles. The number of halogens is 2. The third-order valence-electron chi connectivity index (χ3n) is 6.50. The Kier molecular flexibility index (Phi) is 11.9. The maximum atomic E-state index is 14.1. The summed E-state index contributed by atoms with van der Waals surface area (Å²) in [6.45, 7) is 1.91. The molecular formula is C30H35Cl2N3O5S. The molecule has 8 nitrogen and oxygen atoms in total. The first kappa shape index (κ1) is 32.2. The quantitative estimate of drug-likeness (QED) is 0.246. The molecule has 2 amide bonds. The van der Waals surface area contributed by atoms with Crippen molar-refractivity contribution in [1.82, 2.24) is 10.2 Å². The van der Waals surface area contributed by atoms with Crippen LogP contribution in [0.5, 0.6) is 5.75 Å². The zero-order valence-electron chi connectivity index (χ0n) is 23.3. The first-order chi connectivity index (χ1) is 19.5. The van der Waals surface area contributed by atoms with Crippen molar-refractivity contribution in [3.05, 3.63) is 94.0 Å². The molecule has 0 saturated carbocycles. The van der Waals surface area contributed by atoms with Gasteiger partial charge in [-0.15, -0.1) is 0 Å². The third kappa shape index (κ3) is 9.38. The second-order valence-electron chi connectivity index (χ2n) is 9.58. The lowest BCUT2D eigenvalue weighted by Gasteiger charge is -2.33. The molecule has 0 fully saturated rings. The summed E-state index contributed by atoms with van der Waals surface area (Å²) >= 11 is 12.6. The molecule has 3 aromatic carbocycles. The number of unbranched alkanes of at least 4 members (excludes halogenated alkanes) is 1. The lowest BCUT2D eigenvalue weighted by atomic mass is 10.0. The maximum absolute atomic E-state index is 14.1. The minimum atomic E-state index is -3.87. The Morgan fingerprint density at radius 3 is 2.27 bits per heavy atom. The van der Waals surface area contributed by atoms with E-state index in [2.05, 4.69) is 5.32 Å². The van der Waals surface area contributed by atoms with Crippen molar-refractivity contribution in [3.8, 4) is 5.75 Å². The molecule has 0 spiro atoms. The average Bonchev–Trinajstić information content (AvgIpc) is 2.94. The van der Waals surface area contributed by atoms with Crippen LogP contribution in [0.15, 0.2) is 72.8 Å². The van der Waals surface area contributed by atoms with Crippen LogP contribution in [-0.4, -0.2) is 57.6 Å². The number of carbonyl (C=O) groups excluding carboxylic acids is 2. The summed E-state index contributed by atoms with van der Waals surface area (Å²) in [6, 6.07) is 19.7. The van der Waals surface area contributed by atoms with Crippen LogP contribution < -0.4 is 14.4 Å². The number of hydrogen-bond donors (Lipinski definition) is 1. The number of carbonyl (C=O) groups is 2. The molecule has 0 radical (unpaired) electrons. The number of amides is 2. The minimum Gasteiger partial charge on any atom is -0.497 e. The Bertz CT molecular complexity index is 1420. The Labute approximate surface area is 252 Å². The first-order valence-corrected chi connectivity index (χ1v) is 15.8. The van der Waals surface area contributed by atoms with E-state index in [9.17, 15) is 18.0 Å². The van der Waals surface area contributed by atoms with Crippen LogP contribution in [0.2, 0.25) is 10.0 Å². The first-order valence-electron chi connectivity index (χ1n) is 13.2. The van der Waals surface area contributed by atoms with Gasteiger partial charge in [0.1, 0.15) is 18.3 Å². The van der Waals surface area contributed by atoms with Gasteiger partial charge in [0.2, 0.25) is 21.8 Å². The number of nitrogens with zero attached hydrogens (tertiary/aromatic N) is 2. The summed E-state index contributed by atoms with van der Waals surface area (Å²) in [5.41, 5.74) is 1.70. The van der Waals surface area contributed by atoms with Gasteiger partial charge in [-0.1, -0.05) is 72.9 Å². The van der Waals surface area contributed by atoms with Gasteiger partial charge >= 0.3 is 0 Å². The Morgan fingerprint density at radius 2 is 1.68 bits per heavy atom. The number of methoxy groups -OCH3 is 1. The van der Waals surface area contributed by atoms with Crippen LogP contribution in [0.25, 0.3) is 0 Å². The second-order valence-corrected chi connectivity index (χ2v) is 12.3. The average molecular weight is 621 g/mol. The molecule has 0 aromatic heterocycles. The van der Waals surface area contributed by atoms with E-state index >= 15 is 0 Å². The smallest absolute Gasteiger partial charge is 0.244 e.